The maximum absolute atomic E-state index is 5.97. The van der Waals surface area contributed by atoms with Crippen molar-refractivity contribution in [1.82, 2.24) is 4.90 Å². The number of hydrogen-bond donors (Lipinski definition) is 1. The molecule has 0 saturated heterocycles. The van der Waals surface area contributed by atoms with Crippen LogP contribution in [0, 0.1) is 11.8 Å². The molecule has 112 valence electrons. The van der Waals surface area contributed by atoms with Crippen LogP contribution in [0.5, 0.6) is 5.75 Å². The molecule has 3 nitrogen and oxygen atoms in total. The molecule has 0 spiro atoms. The molecule has 1 aliphatic carbocycles. The Morgan fingerprint density at radius 3 is 2.75 bits per heavy atom. The van der Waals surface area contributed by atoms with Gasteiger partial charge >= 0.3 is 0 Å². The van der Waals surface area contributed by atoms with Gasteiger partial charge in [-0.15, -0.1) is 0 Å². The molecule has 1 saturated carbocycles. The van der Waals surface area contributed by atoms with Gasteiger partial charge in [0, 0.05) is 18.2 Å². The van der Waals surface area contributed by atoms with Crippen molar-refractivity contribution in [2.24, 2.45) is 17.6 Å². The van der Waals surface area contributed by atoms with Crippen molar-refractivity contribution in [2.75, 3.05) is 20.7 Å². The van der Waals surface area contributed by atoms with E-state index in [2.05, 4.69) is 31.0 Å². The second-order valence-electron chi connectivity index (χ2n) is 6.21. The standard InChI is InChI=1S/C17H28N2O/c1-13-8-9-14(11-18)16(10-13)19(2)12-15-6-4-5-7-17(15)20-3/h4-7,13-14,16H,8-12,18H2,1-3H3. The Bertz CT molecular complexity index is 421. The maximum atomic E-state index is 5.97. The lowest BCUT2D eigenvalue weighted by Crippen LogP contribution is -2.44. The van der Waals surface area contributed by atoms with Crippen molar-refractivity contribution in [3.63, 3.8) is 0 Å². The molecular formula is C17H28N2O. The molecule has 0 aromatic heterocycles. The molecule has 2 rings (SSSR count). The van der Waals surface area contributed by atoms with Crippen LogP contribution in [-0.2, 0) is 6.54 Å². The summed E-state index contributed by atoms with van der Waals surface area (Å²) in [7, 11) is 3.96. The number of methoxy groups -OCH3 is 1. The van der Waals surface area contributed by atoms with Crippen LogP contribution in [0.2, 0.25) is 0 Å². The lowest BCUT2D eigenvalue weighted by molar-refractivity contribution is 0.102. The Balaban J connectivity index is 2.07. The van der Waals surface area contributed by atoms with E-state index in [-0.39, 0.29) is 0 Å². The Labute approximate surface area is 123 Å². The van der Waals surface area contributed by atoms with E-state index >= 15 is 0 Å². The molecular weight excluding hydrogens is 248 g/mol. The lowest BCUT2D eigenvalue weighted by Gasteiger charge is -2.40. The molecule has 0 aliphatic heterocycles. The summed E-state index contributed by atoms with van der Waals surface area (Å²) >= 11 is 0. The van der Waals surface area contributed by atoms with Crippen molar-refractivity contribution in [2.45, 2.75) is 38.8 Å². The molecule has 0 amide bonds. The van der Waals surface area contributed by atoms with E-state index in [4.69, 9.17) is 10.5 Å². The van der Waals surface area contributed by atoms with Gasteiger partial charge in [-0.3, -0.25) is 4.90 Å². The number of para-hydroxylation sites is 1. The van der Waals surface area contributed by atoms with Crippen molar-refractivity contribution < 1.29 is 4.74 Å². The number of hydrogen-bond acceptors (Lipinski definition) is 3. The average molecular weight is 276 g/mol. The van der Waals surface area contributed by atoms with Gasteiger partial charge < -0.3 is 10.5 Å². The summed E-state index contributed by atoms with van der Waals surface area (Å²) < 4.78 is 5.46. The minimum absolute atomic E-state index is 0.591. The van der Waals surface area contributed by atoms with Gasteiger partial charge in [0.1, 0.15) is 5.75 Å². The van der Waals surface area contributed by atoms with Crippen LogP contribution in [-0.4, -0.2) is 31.6 Å². The van der Waals surface area contributed by atoms with Crippen molar-refractivity contribution in [3.05, 3.63) is 29.8 Å². The summed E-state index contributed by atoms with van der Waals surface area (Å²) in [6.07, 6.45) is 3.84. The Morgan fingerprint density at radius 2 is 2.05 bits per heavy atom. The third-order valence-electron chi connectivity index (χ3n) is 4.70. The molecule has 1 aromatic rings. The zero-order valence-corrected chi connectivity index (χ0v) is 13.0. The fraction of sp³-hybridized carbons (Fsp3) is 0.647. The van der Waals surface area contributed by atoms with E-state index < -0.39 is 0 Å². The molecule has 0 bridgehead atoms. The molecule has 3 heteroatoms. The van der Waals surface area contributed by atoms with Gasteiger partial charge in [-0.05, 0) is 44.3 Å². The lowest BCUT2D eigenvalue weighted by atomic mass is 9.78. The quantitative estimate of drug-likeness (QED) is 0.898. The molecule has 2 N–H and O–H groups in total. The van der Waals surface area contributed by atoms with Crippen molar-refractivity contribution >= 4 is 0 Å². The van der Waals surface area contributed by atoms with Crippen LogP contribution in [0.4, 0.5) is 0 Å². The molecule has 1 fully saturated rings. The molecule has 3 unspecified atom stereocenters. The highest BCUT2D eigenvalue weighted by Crippen LogP contribution is 2.32. The number of benzene rings is 1. The van der Waals surface area contributed by atoms with E-state index in [0.717, 1.165) is 24.8 Å². The van der Waals surface area contributed by atoms with Gasteiger partial charge in [0.05, 0.1) is 7.11 Å². The van der Waals surface area contributed by atoms with Crippen LogP contribution in [0.1, 0.15) is 31.7 Å². The van der Waals surface area contributed by atoms with E-state index in [0.29, 0.717) is 12.0 Å². The zero-order valence-electron chi connectivity index (χ0n) is 13.0. The van der Waals surface area contributed by atoms with E-state index in [1.807, 2.05) is 12.1 Å². The first-order valence-corrected chi connectivity index (χ1v) is 7.68. The van der Waals surface area contributed by atoms with Crippen molar-refractivity contribution in [3.8, 4) is 5.75 Å². The molecule has 0 heterocycles. The third-order valence-corrected chi connectivity index (χ3v) is 4.70. The van der Waals surface area contributed by atoms with Crippen LogP contribution >= 0.6 is 0 Å². The number of nitrogens with zero attached hydrogens (tertiary/aromatic N) is 1. The van der Waals surface area contributed by atoms with Crippen LogP contribution < -0.4 is 10.5 Å². The summed E-state index contributed by atoms with van der Waals surface area (Å²) in [6.45, 7) is 4.09. The Morgan fingerprint density at radius 1 is 1.30 bits per heavy atom. The molecule has 20 heavy (non-hydrogen) atoms. The Kier molecular flexibility index (Phi) is 5.44. The van der Waals surface area contributed by atoms with Crippen LogP contribution in [0.25, 0.3) is 0 Å². The van der Waals surface area contributed by atoms with Gasteiger partial charge in [0.2, 0.25) is 0 Å². The fourth-order valence-electron chi connectivity index (χ4n) is 3.45. The fourth-order valence-corrected chi connectivity index (χ4v) is 3.45. The highest BCUT2D eigenvalue weighted by atomic mass is 16.5. The smallest absolute Gasteiger partial charge is 0.123 e. The SMILES string of the molecule is COc1ccccc1CN(C)C1CC(C)CCC1CN. The first kappa shape index (κ1) is 15.3. The number of ether oxygens (including phenoxy) is 1. The largest absolute Gasteiger partial charge is 0.496 e. The second kappa shape index (κ2) is 7.09. The first-order chi connectivity index (χ1) is 9.65. The normalized spacial score (nSPS) is 26.8. The minimum Gasteiger partial charge on any atom is -0.496 e. The topological polar surface area (TPSA) is 38.5 Å². The molecule has 1 aliphatic rings. The predicted molar refractivity (Wildman–Crippen MR) is 83.8 cm³/mol. The molecule has 1 aromatic carbocycles. The predicted octanol–water partition coefficient (Wildman–Crippen LogP) is 2.89. The van der Waals surface area contributed by atoms with Gasteiger partial charge in [0.25, 0.3) is 0 Å². The van der Waals surface area contributed by atoms with Crippen molar-refractivity contribution in [1.29, 1.82) is 0 Å². The van der Waals surface area contributed by atoms with E-state index in [9.17, 15) is 0 Å². The second-order valence-corrected chi connectivity index (χ2v) is 6.21. The van der Waals surface area contributed by atoms with E-state index in [1.165, 1.54) is 24.8 Å². The Hall–Kier alpha value is -1.06. The number of rotatable bonds is 5. The minimum atomic E-state index is 0.591. The van der Waals surface area contributed by atoms with Gasteiger partial charge in [-0.1, -0.05) is 31.5 Å². The maximum Gasteiger partial charge on any atom is 0.123 e. The summed E-state index contributed by atoms with van der Waals surface area (Å²) in [5.74, 6) is 2.42. The van der Waals surface area contributed by atoms with Gasteiger partial charge in [-0.2, -0.15) is 0 Å². The molecule has 3 atom stereocenters. The third kappa shape index (κ3) is 3.53. The average Bonchev–Trinajstić information content (AvgIpc) is 2.47. The first-order valence-electron chi connectivity index (χ1n) is 7.68. The van der Waals surface area contributed by atoms with Gasteiger partial charge in [0.15, 0.2) is 0 Å². The highest BCUT2D eigenvalue weighted by molar-refractivity contribution is 5.33. The summed E-state index contributed by atoms with van der Waals surface area (Å²) in [5.41, 5.74) is 7.23. The summed E-state index contributed by atoms with van der Waals surface area (Å²) in [6, 6.07) is 8.88. The van der Waals surface area contributed by atoms with Crippen LogP contribution in [0.15, 0.2) is 24.3 Å². The summed E-state index contributed by atoms with van der Waals surface area (Å²) in [4.78, 5) is 2.46. The number of nitrogens with two attached hydrogens (primary N) is 1. The van der Waals surface area contributed by atoms with E-state index in [1.54, 1.807) is 7.11 Å². The highest BCUT2D eigenvalue weighted by Gasteiger charge is 2.30. The monoisotopic (exact) mass is 276 g/mol. The molecule has 0 radical (unpaired) electrons. The zero-order chi connectivity index (χ0) is 14.5. The summed E-state index contributed by atoms with van der Waals surface area (Å²) in [5, 5.41) is 0. The van der Waals surface area contributed by atoms with Gasteiger partial charge in [-0.25, -0.2) is 0 Å². The van der Waals surface area contributed by atoms with Crippen LogP contribution in [0.3, 0.4) is 0 Å².